The summed E-state index contributed by atoms with van der Waals surface area (Å²) in [6.07, 6.45) is 1.61. The van der Waals surface area contributed by atoms with Crippen LogP contribution in [0.3, 0.4) is 0 Å². The third-order valence-corrected chi connectivity index (χ3v) is 1.42. The summed E-state index contributed by atoms with van der Waals surface area (Å²) in [5, 5.41) is 10.4. The van der Waals surface area contributed by atoms with Crippen molar-refractivity contribution in [3.8, 4) is 0 Å². The minimum Gasteiger partial charge on any atom is -0.465 e. The number of hydrogen-bond acceptors (Lipinski definition) is 6. The van der Waals surface area contributed by atoms with Gasteiger partial charge in [0.1, 0.15) is 6.54 Å². The maximum absolute atomic E-state index is 11.0. The van der Waals surface area contributed by atoms with E-state index in [4.69, 9.17) is 4.74 Å². The molecule has 7 heteroatoms. The standard InChI is InChI=1S/C7H9N4O3/c1-2-14-7(13)5-11-6(3-4-12)8-9-10-11/h2-3,5H2,1H3. The van der Waals surface area contributed by atoms with Crippen LogP contribution >= 0.6 is 0 Å². The van der Waals surface area contributed by atoms with Crippen molar-refractivity contribution >= 4 is 12.3 Å². The molecule has 0 spiro atoms. The average Bonchev–Trinajstić information content (AvgIpc) is 2.54. The zero-order valence-corrected chi connectivity index (χ0v) is 7.63. The van der Waals surface area contributed by atoms with Gasteiger partial charge in [0.2, 0.25) is 6.29 Å². The Morgan fingerprint density at radius 3 is 3.07 bits per heavy atom. The predicted molar refractivity (Wildman–Crippen MR) is 43.8 cm³/mol. The van der Waals surface area contributed by atoms with Crippen LogP contribution < -0.4 is 0 Å². The fraction of sp³-hybridized carbons (Fsp3) is 0.571. The van der Waals surface area contributed by atoms with Gasteiger partial charge in [-0.1, -0.05) is 0 Å². The van der Waals surface area contributed by atoms with Crippen LogP contribution in [0.25, 0.3) is 0 Å². The quantitative estimate of drug-likeness (QED) is 0.556. The summed E-state index contributed by atoms with van der Waals surface area (Å²) in [6, 6.07) is 0. The van der Waals surface area contributed by atoms with E-state index in [1.807, 2.05) is 0 Å². The molecule has 0 aliphatic heterocycles. The molecule has 0 aromatic carbocycles. The molecule has 7 nitrogen and oxygen atoms in total. The van der Waals surface area contributed by atoms with E-state index < -0.39 is 5.97 Å². The van der Waals surface area contributed by atoms with E-state index in [9.17, 15) is 9.59 Å². The fourth-order valence-corrected chi connectivity index (χ4v) is 0.866. The first kappa shape index (κ1) is 10.3. The summed E-state index contributed by atoms with van der Waals surface area (Å²) in [7, 11) is 0. The monoisotopic (exact) mass is 197 g/mol. The van der Waals surface area contributed by atoms with Crippen LogP contribution in [0.4, 0.5) is 0 Å². The molecular formula is C7H9N4O3. The van der Waals surface area contributed by atoms with Crippen LogP contribution in [-0.2, 0) is 27.3 Å². The number of esters is 1. The van der Waals surface area contributed by atoms with E-state index in [-0.39, 0.29) is 13.0 Å². The summed E-state index contributed by atoms with van der Waals surface area (Å²) in [5.74, 6) is -0.139. The lowest BCUT2D eigenvalue weighted by molar-refractivity contribution is -0.144. The van der Waals surface area contributed by atoms with E-state index >= 15 is 0 Å². The summed E-state index contributed by atoms with van der Waals surface area (Å²) >= 11 is 0. The van der Waals surface area contributed by atoms with E-state index in [2.05, 4.69) is 15.5 Å². The summed E-state index contributed by atoms with van der Waals surface area (Å²) < 4.78 is 5.91. The van der Waals surface area contributed by atoms with Crippen molar-refractivity contribution in [2.24, 2.45) is 0 Å². The van der Waals surface area contributed by atoms with Crippen molar-refractivity contribution in [1.29, 1.82) is 0 Å². The third kappa shape index (κ3) is 2.61. The van der Waals surface area contributed by atoms with Crippen LogP contribution in [0.15, 0.2) is 0 Å². The number of carbonyl (C=O) groups excluding carboxylic acids is 2. The molecule has 0 N–H and O–H groups in total. The molecule has 1 aromatic rings. The Hall–Kier alpha value is -1.79. The van der Waals surface area contributed by atoms with Gasteiger partial charge in [-0.25, -0.2) is 4.68 Å². The Morgan fingerprint density at radius 1 is 1.64 bits per heavy atom. The zero-order chi connectivity index (χ0) is 10.4. The van der Waals surface area contributed by atoms with Crippen LogP contribution in [-0.4, -0.2) is 39.1 Å². The number of carbonyl (C=O) groups is 1. The predicted octanol–water partition coefficient (Wildman–Crippen LogP) is -1.11. The lowest BCUT2D eigenvalue weighted by Gasteiger charge is -2.01. The number of tetrazole rings is 1. The molecule has 0 atom stereocenters. The minimum atomic E-state index is -0.438. The average molecular weight is 197 g/mol. The van der Waals surface area contributed by atoms with Crippen molar-refractivity contribution in [3.05, 3.63) is 5.82 Å². The van der Waals surface area contributed by atoms with Crippen LogP contribution in [0, 0.1) is 0 Å². The second-order valence-electron chi connectivity index (χ2n) is 2.38. The van der Waals surface area contributed by atoms with Gasteiger partial charge in [0, 0.05) is 0 Å². The summed E-state index contributed by atoms with van der Waals surface area (Å²) in [5.41, 5.74) is 0. The molecule has 14 heavy (non-hydrogen) atoms. The first-order valence-corrected chi connectivity index (χ1v) is 4.03. The molecule has 0 saturated carbocycles. The number of aromatic nitrogens is 4. The molecule has 0 aliphatic carbocycles. The van der Waals surface area contributed by atoms with E-state index in [0.29, 0.717) is 12.4 Å². The van der Waals surface area contributed by atoms with Crippen molar-refractivity contribution < 1.29 is 14.3 Å². The van der Waals surface area contributed by atoms with E-state index in [1.54, 1.807) is 13.2 Å². The largest absolute Gasteiger partial charge is 0.465 e. The first-order chi connectivity index (χ1) is 6.77. The molecule has 75 valence electrons. The number of hydrogen-bond donors (Lipinski definition) is 0. The maximum atomic E-state index is 11.0. The van der Waals surface area contributed by atoms with Crippen molar-refractivity contribution in [1.82, 2.24) is 20.2 Å². The van der Waals surface area contributed by atoms with Crippen molar-refractivity contribution in [2.75, 3.05) is 6.61 Å². The molecule has 0 saturated heterocycles. The normalized spacial score (nSPS) is 9.79. The second-order valence-corrected chi connectivity index (χ2v) is 2.38. The van der Waals surface area contributed by atoms with Crippen LogP contribution in [0.5, 0.6) is 0 Å². The van der Waals surface area contributed by atoms with Gasteiger partial charge in [0.05, 0.1) is 13.0 Å². The lowest BCUT2D eigenvalue weighted by Crippen LogP contribution is -2.17. The maximum Gasteiger partial charge on any atom is 0.327 e. The minimum absolute atomic E-state index is 0.0353. The summed E-state index contributed by atoms with van der Waals surface area (Å²) in [6.45, 7) is 1.92. The van der Waals surface area contributed by atoms with Crippen LogP contribution in [0.1, 0.15) is 12.7 Å². The molecule has 0 fully saturated rings. The SMILES string of the molecule is CCOC(=O)Cn1nnnc1C[C]=O. The summed E-state index contributed by atoms with van der Waals surface area (Å²) in [4.78, 5) is 21.1. The topological polar surface area (TPSA) is 87.0 Å². The van der Waals surface area contributed by atoms with Gasteiger partial charge in [-0.2, -0.15) is 0 Å². The molecule has 0 aliphatic rings. The molecule has 0 amide bonds. The van der Waals surface area contributed by atoms with Gasteiger partial charge in [-0.05, 0) is 17.4 Å². The Balaban J connectivity index is 2.61. The molecular weight excluding hydrogens is 188 g/mol. The number of ether oxygens (including phenoxy) is 1. The Kier molecular flexibility index (Phi) is 3.71. The van der Waals surface area contributed by atoms with Gasteiger partial charge in [0.25, 0.3) is 0 Å². The van der Waals surface area contributed by atoms with Gasteiger partial charge < -0.3 is 4.74 Å². The smallest absolute Gasteiger partial charge is 0.327 e. The highest BCUT2D eigenvalue weighted by atomic mass is 16.5. The highest BCUT2D eigenvalue weighted by molar-refractivity contribution is 5.69. The molecule has 0 unspecified atom stereocenters. The molecule has 1 aromatic heterocycles. The Morgan fingerprint density at radius 2 is 2.43 bits per heavy atom. The zero-order valence-electron chi connectivity index (χ0n) is 7.63. The number of nitrogens with zero attached hydrogens (tertiary/aromatic N) is 4. The highest BCUT2D eigenvalue weighted by Crippen LogP contribution is 1.93. The van der Waals surface area contributed by atoms with Gasteiger partial charge in [-0.3, -0.25) is 9.59 Å². The molecule has 1 heterocycles. The van der Waals surface area contributed by atoms with Crippen LogP contribution in [0.2, 0.25) is 0 Å². The van der Waals surface area contributed by atoms with Crippen molar-refractivity contribution in [3.63, 3.8) is 0 Å². The number of rotatable bonds is 5. The lowest BCUT2D eigenvalue weighted by atomic mass is 10.4. The van der Waals surface area contributed by atoms with Crippen molar-refractivity contribution in [2.45, 2.75) is 19.9 Å². The second kappa shape index (κ2) is 5.05. The first-order valence-electron chi connectivity index (χ1n) is 4.03. The van der Waals surface area contributed by atoms with Gasteiger partial charge >= 0.3 is 5.97 Å². The third-order valence-electron chi connectivity index (χ3n) is 1.42. The van der Waals surface area contributed by atoms with E-state index in [1.165, 1.54) is 4.68 Å². The van der Waals surface area contributed by atoms with E-state index in [0.717, 1.165) is 0 Å². The van der Waals surface area contributed by atoms with Gasteiger partial charge in [-0.15, -0.1) is 5.10 Å². The Bertz CT molecular complexity index is 322. The Labute approximate surface area is 80.0 Å². The molecule has 1 radical (unpaired) electrons. The fourth-order valence-electron chi connectivity index (χ4n) is 0.866. The van der Waals surface area contributed by atoms with Gasteiger partial charge in [0.15, 0.2) is 5.82 Å². The molecule has 1 rings (SSSR count). The molecule has 0 bridgehead atoms. The highest BCUT2D eigenvalue weighted by Gasteiger charge is 2.10.